The van der Waals surface area contributed by atoms with Crippen LogP contribution >= 0.6 is 15.9 Å². The molecule has 0 radical (unpaired) electrons. The largest absolute Gasteiger partial charge is 0.480 e. The summed E-state index contributed by atoms with van der Waals surface area (Å²) in [5, 5.41) is 9.30. The summed E-state index contributed by atoms with van der Waals surface area (Å²) in [4.78, 5) is 11.4. The standard InChI is InChI=1S/C18H20BrNO5S/c1-18(2,3)16(17(21)22)20-26(23,24)15-10-8-14(9-11-15)25-13-6-4-12(19)5-7-13/h4-11,16,20H,1-3H3,(H,21,22)/t16-/m0/s1. The van der Waals surface area contributed by atoms with E-state index in [1.165, 1.54) is 24.3 Å². The van der Waals surface area contributed by atoms with E-state index in [1.807, 2.05) is 12.1 Å². The molecule has 0 aliphatic heterocycles. The van der Waals surface area contributed by atoms with Gasteiger partial charge in [0, 0.05) is 4.47 Å². The van der Waals surface area contributed by atoms with Gasteiger partial charge in [-0.15, -0.1) is 0 Å². The van der Waals surface area contributed by atoms with Crippen molar-refractivity contribution in [3.05, 3.63) is 53.0 Å². The molecular formula is C18H20BrNO5S. The van der Waals surface area contributed by atoms with Crippen molar-refractivity contribution in [2.75, 3.05) is 0 Å². The van der Waals surface area contributed by atoms with E-state index in [-0.39, 0.29) is 4.90 Å². The highest BCUT2D eigenvalue weighted by Crippen LogP contribution is 2.26. The number of sulfonamides is 1. The fourth-order valence-electron chi connectivity index (χ4n) is 2.15. The first-order valence-corrected chi connectivity index (χ1v) is 10.1. The maximum atomic E-state index is 12.5. The minimum atomic E-state index is -3.98. The first-order valence-electron chi connectivity index (χ1n) is 7.78. The van der Waals surface area contributed by atoms with Crippen LogP contribution in [0.5, 0.6) is 11.5 Å². The quantitative estimate of drug-likeness (QED) is 0.705. The van der Waals surface area contributed by atoms with Gasteiger partial charge >= 0.3 is 5.97 Å². The summed E-state index contributed by atoms with van der Waals surface area (Å²) in [5.41, 5.74) is -0.774. The molecule has 2 N–H and O–H groups in total. The van der Waals surface area contributed by atoms with Crippen molar-refractivity contribution >= 4 is 31.9 Å². The van der Waals surface area contributed by atoms with Crippen LogP contribution in [-0.4, -0.2) is 25.5 Å². The van der Waals surface area contributed by atoms with Gasteiger partial charge in [0.1, 0.15) is 17.5 Å². The number of carbonyl (C=O) groups is 1. The molecule has 0 fully saturated rings. The van der Waals surface area contributed by atoms with Crippen LogP contribution in [0.3, 0.4) is 0 Å². The Hall–Kier alpha value is -1.90. The average Bonchev–Trinajstić information content (AvgIpc) is 2.54. The molecule has 0 bridgehead atoms. The van der Waals surface area contributed by atoms with E-state index in [9.17, 15) is 18.3 Å². The molecule has 0 heterocycles. The molecular weight excluding hydrogens is 422 g/mol. The highest BCUT2D eigenvalue weighted by molar-refractivity contribution is 9.10. The zero-order valence-corrected chi connectivity index (χ0v) is 17.0. The second-order valence-electron chi connectivity index (χ2n) is 6.79. The Labute approximate surface area is 161 Å². The Morgan fingerprint density at radius 1 is 1.04 bits per heavy atom. The molecule has 0 amide bonds. The van der Waals surface area contributed by atoms with Crippen molar-refractivity contribution in [3.63, 3.8) is 0 Å². The van der Waals surface area contributed by atoms with Crippen LogP contribution in [0.25, 0.3) is 0 Å². The lowest BCUT2D eigenvalue weighted by molar-refractivity contribution is -0.141. The smallest absolute Gasteiger partial charge is 0.322 e. The van der Waals surface area contributed by atoms with E-state index in [2.05, 4.69) is 20.7 Å². The Kier molecular flexibility index (Phi) is 6.10. The Bertz CT molecular complexity index is 871. The molecule has 0 unspecified atom stereocenters. The third-order valence-corrected chi connectivity index (χ3v) is 5.54. The second kappa shape index (κ2) is 7.77. The summed E-state index contributed by atoms with van der Waals surface area (Å²) < 4.78 is 33.8. The highest BCUT2D eigenvalue weighted by atomic mass is 79.9. The Morgan fingerprint density at radius 3 is 1.92 bits per heavy atom. The number of nitrogens with one attached hydrogen (secondary N) is 1. The van der Waals surface area contributed by atoms with Crippen LogP contribution in [0.4, 0.5) is 0 Å². The van der Waals surface area contributed by atoms with Gasteiger partial charge in [0.05, 0.1) is 4.90 Å². The van der Waals surface area contributed by atoms with Gasteiger partial charge in [0.2, 0.25) is 10.0 Å². The lowest BCUT2D eigenvalue weighted by Crippen LogP contribution is -2.48. The van der Waals surface area contributed by atoms with Crippen LogP contribution in [0, 0.1) is 5.41 Å². The zero-order valence-electron chi connectivity index (χ0n) is 14.6. The highest BCUT2D eigenvalue weighted by Gasteiger charge is 2.35. The lowest BCUT2D eigenvalue weighted by Gasteiger charge is -2.27. The van der Waals surface area contributed by atoms with Crippen molar-refractivity contribution in [3.8, 4) is 11.5 Å². The molecule has 0 aromatic heterocycles. The SMILES string of the molecule is CC(C)(C)[C@@H](NS(=O)(=O)c1ccc(Oc2ccc(Br)cc2)cc1)C(=O)O. The number of halogens is 1. The fraction of sp³-hybridized carbons (Fsp3) is 0.278. The molecule has 0 saturated heterocycles. The summed E-state index contributed by atoms with van der Waals surface area (Å²) in [6.07, 6.45) is 0. The van der Waals surface area contributed by atoms with Gasteiger partial charge in [0.15, 0.2) is 0 Å². The molecule has 1 atom stereocenters. The maximum absolute atomic E-state index is 12.5. The number of aliphatic carboxylic acids is 1. The minimum Gasteiger partial charge on any atom is -0.480 e. The van der Waals surface area contributed by atoms with Gasteiger partial charge in [-0.2, -0.15) is 4.72 Å². The van der Waals surface area contributed by atoms with Gasteiger partial charge in [-0.1, -0.05) is 36.7 Å². The lowest BCUT2D eigenvalue weighted by atomic mass is 9.88. The molecule has 2 aromatic rings. The second-order valence-corrected chi connectivity index (χ2v) is 9.42. The number of hydrogen-bond donors (Lipinski definition) is 2. The maximum Gasteiger partial charge on any atom is 0.322 e. The van der Waals surface area contributed by atoms with Crippen molar-refractivity contribution in [2.45, 2.75) is 31.7 Å². The Morgan fingerprint density at radius 2 is 1.50 bits per heavy atom. The average molecular weight is 442 g/mol. The zero-order chi connectivity index (χ0) is 19.5. The molecule has 140 valence electrons. The number of carboxylic acids is 1. The van der Waals surface area contributed by atoms with Crippen molar-refractivity contribution in [2.24, 2.45) is 5.41 Å². The third-order valence-electron chi connectivity index (χ3n) is 3.57. The molecule has 0 aliphatic rings. The molecule has 0 saturated carbocycles. The molecule has 6 nitrogen and oxygen atoms in total. The summed E-state index contributed by atoms with van der Waals surface area (Å²) in [5.74, 6) is -0.145. The van der Waals surface area contributed by atoms with Crippen molar-refractivity contribution in [1.82, 2.24) is 4.72 Å². The normalized spacial score (nSPS) is 13.2. The van der Waals surface area contributed by atoms with Gasteiger partial charge < -0.3 is 9.84 Å². The van der Waals surface area contributed by atoms with Crippen LogP contribution in [0.15, 0.2) is 57.9 Å². The first kappa shape index (κ1) is 20.4. The third kappa shape index (κ3) is 5.30. The monoisotopic (exact) mass is 441 g/mol. The predicted octanol–water partition coefficient (Wildman–Crippen LogP) is 4.02. The number of rotatable bonds is 6. The van der Waals surface area contributed by atoms with Gasteiger partial charge in [-0.05, 0) is 53.9 Å². The van der Waals surface area contributed by atoms with Crippen LogP contribution in [0.2, 0.25) is 0 Å². The first-order chi connectivity index (χ1) is 12.0. The van der Waals surface area contributed by atoms with Crippen LogP contribution < -0.4 is 9.46 Å². The van der Waals surface area contributed by atoms with Gasteiger partial charge in [-0.25, -0.2) is 8.42 Å². The molecule has 0 aliphatic carbocycles. The number of hydrogen-bond acceptors (Lipinski definition) is 4. The van der Waals surface area contributed by atoms with E-state index >= 15 is 0 Å². The number of benzene rings is 2. The summed E-state index contributed by atoms with van der Waals surface area (Å²) >= 11 is 3.33. The van der Waals surface area contributed by atoms with Gasteiger partial charge in [0.25, 0.3) is 0 Å². The van der Waals surface area contributed by atoms with Crippen molar-refractivity contribution < 1.29 is 23.1 Å². The number of carboxylic acid groups (broad SMARTS) is 1. The van der Waals surface area contributed by atoms with E-state index in [0.29, 0.717) is 11.5 Å². The summed E-state index contributed by atoms with van der Waals surface area (Å²) in [6.45, 7) is 4.97. The number of ether oxygens (including phenoxy) is 1. The van der Waals surface area contributed by atoms with Crippen molar-refractivity contribution in [1.29, 1.82) is 0 Å². The summed E-state index contributed by atoms with van der Waals surface area (Å²) in [6, 6.07) is 11.7. The van der Waals surface area contributed by atoms with E-state index < -0.39 is 27.4 Å². The Balaban J connectivity index is 2.18. The predicted molar refractivity (Wildman–Crippen MR) is 102 cm³/mol. The fourth-order valence-corrected chi connectivity index (χ4v) is 3.81. The minimum absolute atomic E-state index is 0.0313. The topological polar surface area (TPSA) is 92.7 Å². The molecule has 2 rings (SSSR count). The van der Waals surface area contributed by atoms with Crippen LogP contribution in [0.1, 0.15) is 20.8 Å². The van der Waals surface area contributed by atoms with Crippen LogP contribution in [-0.2, 0) is 14.8 Å². The van der Waals surface area contributed by atoms with E-state index in [1.54, 1.807) is 32.9 Å². The molecule has 2 aromatic carbocycles. The van der Waals surface area contributed by atoms with Gasteiger partial charge in [-0.3, -0.25) is 4.79 Å². The molecule has 0 spiro atoms. The van der Waals surface area contributed by atoms with E-state index in [4.69, 9.17) is 4.74 Å². The molecule has 26 heavy (non-hydrogen) atoms. The molecule has 8 heteroatoms. The summed E-state index contributed by atoms with van der Waals surface area (Å²) in [7, 11) is -3.98. The van der Waals surface area contributed by atoms with E-state index in [0.717, 1.165) is 4.47 Å².